The molecule has 0 aliphatic carbocycles. The zero-order valence-corrected chi connectivity index (χ0v) is 19.7. The molecule has 1 aliphatic rings. The van der Waals surface area contributed by atoms with Crippen molar-refractivity contribution < 1.29 is 37.0 Å². The highest BCUT2D eigenvalue weighted by atomic mass is 19.4. The van der Waals surface area contributed by atoms with Gasteiger partial charge in [0.1, 0.15) is 11.3 Å². The second kappa shape index (κ2) is 10.7. The number of ether oxygens (including phenoxy) is 2. The number of nitrogens with one attached hydrogen (secondary N) is 1. The Labute approximate surface area is 210 Å². The Morgan fingerprint density at radius 3 is 2.49 bits per heavy atom. The third-order valence-corrected chi connectivity index (χ3v) is 5.74. The number of hydrogen-bond acceptors (Lipinski definition) is 5. The first-order valence-corrected chi connectivity index (χ1v) is 11.4. The molecule has 7 nitrogen and oxygen atoms in total. The Hall–Kier alpha value is -4.34. The lowest BCUT2D eigenvalue weighted by Gasteiger charge is -2.22. The molecule has 0 spiro atoms. The van der Waals surface area contributed by atoms with Gasteiger partial charge in [0.15, 0.2) is 13.2 Å². The van der Waals surface area contributed by atoms with E-state index in [0.717, 1.165) is 23.4 Å². The molecule has 192 valence electrons. The summed E-state index contributed by atoms with van der Waals surface area (Å²) in [7, 11) is 0. The monoisotopic (exact) mass is 512 g/mol. The smallest absolute Gasteiger partial charge is 0.416 e. The molecule has 10 heteroatoms. The van der Waals surface area contributed by atoms with Crippen molar-refractivity contribution in [3.05, 3.63) is 89.5 Å². The van der Waals surface area contributed by atoms with E-state index in [1.165, 1.54) is 24.3 Å². The van der Waals surface area contributed by atoms with Gasteiger partial charge in [0.2, 0.25) is 0 Å². The van der Waals surface area contributed by atoms with Gasteiger partial charge in [0, 0.05) is 17.4 Å². The topological polar surface area (TPSA) is 84.9 Å². The number of rotatable bonds is 7. The average molecular weight is 512 g/mol. The van der Waals surface area contributed by atoms with E-state index in [0.29, 0.717) is 6.42 Å². The van der Waals surface area contributed by atoms with Crippen LogP contribution in [0.3, 0.4) is 0 Å². The normalized spacial score (nSPS) is 14.6. The number of anilines is 2. The van der Waals surface area contributed by atoms with Gasteiger partial charge in [0.05, 0.1) is 5.56 Å². The summed E-state index contributed by atoms with van der Waals surface area (Å²) in [6.07, 6.45) is -3.84. The summed E-state index contributed by atoms with van der Waals surface area (Å²) in [4.78, 5) is 39.3. The van der Waals surface area contributed by atoms with E-state index in [1.807, 2.05) is 31.2 Å². The molecule has 0 saturated heterocycles. The molecule has 1 N–H and O–H groups in total. The van der Waals surface area contributed by atoms with Crippen LogP contribution in [-0.2, 0) is 26.9 Å². The number of para-hydroxylation sites is 2. The number of benzene rings is 3. The number of halogens is 3. The van der Waals surface area contributed by atoms with E-state index in [-0.39, 0.29) is 28.9 Å². The summed E-state index contributed by atoms with van der Waals surface area (Å²) in [5, 5.41) is 2.33. The summed E-state index contributed by atoms with van der Waals surface area (Å²) in [5.74, 6) is -1.88. The van der Waals surface area contributed by atoms with E-state index in [2.05, 4.69) is 5.32 Å². The molecule has 0 bridgehead atoms. The maximum Gasteiger partial charge on any atom is 0.416 e. The Balaban J connectivity index is 1.35. The van der Waals surface area contributed by atoms with Crippen LogP contribution in [0.25, 0.3) is 0 Å². The Bertz CT molecular complexity index is 1330. The molecule has 0 radical (unpaired) electrons. The standard InChI is InChI=1S/C27H23F3N2O5/c1-17-13-18-7-2-4-11-22(18)32(17)25(34)16-37-26(35)21-10-3-5-12-23(21)36-15-24(33)31-20-9-6-8-19(14-20)27(28,29)30/h2-12,14,17H,13,15-16H2,1H3,(H,31,33). The van der Waals surface area contributed by atoms with Crippen LogP contribution in [-0.4, -0.2) is 37.0 Å². The predicted molar refractivity (Wildman–Crippen MR) is 129 cm³/mol. The highest BCUT2D eigenvalue weighted by Crippen LogP contribution is 2.32. The largest absolute Gasteiger partial charge is 0.483 e. The Morgan fingerprint density at radius 2 is 1.70 bits per heavy atom. The highest BCUT2D eigenvalue weighted by Gasteiger charge is 2.32. The van der Waals surface area contributed by atoms with E-state index >= 15 is 0 Å². The van der Waals surface area contributed by atoms with E-state index < -0.39 is 36.8 Å². The SMILES string of the molecule is CC1Cc2ccccc2N1C(=O)COC(=O)c1ccccc1OCC(=O)Nc1cccc(C(F)(F)F)c1. The third kappa shape index (κ3) is 6.08. The van der Waals surface area contributed by atoms with Crippen molar-refractivity contribution in [2.75, 3.05) is 23.4 Å². The molecule has 1 unspecified atom stereocenters. The second-order valence-electron chi connectivity index (χ2n) is 8.43. The van der Waals surface area contributed by atoms with Crippen LogP contribution in [0.4, 0.5) is 24.5 Å². The summed E-state index contributed by atoms with van der Waals surface area (Å²) in [5.41, 5.74) is 0.869. The van der Waals surface area contributed by atoms with Gasteiger partial charge in [-0.15, -0.1) is 0 Å². The van der Waals surface area contributed by atoms with E-state index in [1.54, 1.807) is 17.0 Å². The molecule has 1 atom stereocenters. The average Bonchev–Trinajstić information content (AvgIpc) is 3.21. The number of nitrogens with zero attached hydrogens (tertiary/aromatic N) is 1. The molecule has 0 aromatic heterocycles. The maximum absolute atomic E-state index is 12.9. The number of hydrogen-bond donors (Lipinski definition) is 1. The van der Waals surface area contributed by atoms with Gasteiger partial charge in [0.25, 0.3) is 11.8 Å². The van der Waals surface area contributed by atoms with Crippen LogP contribution in [0, 0.1) is 0 Å². The number of carbonyl (C=O) groups is 3. The summed E-state index contributed by atoms with van der Waals surface area (Å²) >= 11 is 0. The number of amides is 2. The first kappa shape index (κ1) is 25.7. The lowest BCUT2D eigenvalue weighted by molar-refractivity contribution is -0.137. The van der Waals surface area contributed by atoms with Crippen molar-refractivity contribution in [1.29, 1.82) is 0 Å². The lowest BCUT2D eigenvalue weighted by Crippen LogP contribution is -2.38. The summed E-state index contributed by atoms with van der Waals surface area (Å²) < 4.78 is 49.3. The molecule has 3 aromatic carbocycles. The Morgan fingerprint density at radius 1 is 0.973 bits per heavy atom. The van der Waals surface area contributed by atoms with Gasteiger partial charge in [-0.05, 0) is 55.3 Å². The van der Waals surface area contributed by atoms with Crippen molar-refractivity contribution in [1.82, 2.24) is 0 Å². The minimum Gasteiger partial charge on any atom is -0.483 e. The van der Waals surface area contributed by atoms with Gasteiger partial charge in [-0.3, -0.25) is 9.59 Å². The van der Waals surface area contributed by atoms with Gasteiger partial charge in [-0.2, -0.15) is 13.2 Å². The molecule has 1 aliphatic heterocycles. The number of alkyl halides is 3. The third-order valence-electron chi connectivity index (χ3n) is 5.74. The van der Waals surface area contributed by atoms with Gasteiger partial charge < -0.3 is 19.7 Å². The zero-order valence-electron chi connectivity index (χ0n) is 19.7. The summed E-state index contributed by atoms with van der Waals surface area (Å²) in [6.45, 7) is 0.858. The minimum atomic E-state index is -4.55. The summed E-state index contributed by atoms with van der Waals surface area (Å²) in [6, 6.07) is 17.6. The number of carbonyl (C=O) groups excluding carboxylic acids is 3. The highest BCUT2D eigenvalue weighted by molar-refractivity contribution is 6.00. The fourth-order valence-corrected chi connectivity index (χ4v) is 4.09. The fourth-order valence-electron chi connectivity index (χ4n) is 4.09. The number of fused-ring (bicyclic) bond motifs is 1. The fraction of sp³-hybridized carbons (Fsp3) is 0.222. The van der Waals surface area contributed by atoms with Crippen LogP contribution in [0.1, 0.15) is 28.4 Å². The van der Waals surface area contributed by atoms with Gasteiger partial charge >= 0.3 is 12.1 Å². The van der Waals surface area contributed by atoms with Gasteiger partial charge in [-0.25, -0.2) is 4.79 Å². The molecule has 1 heterocycles. The van der Waals surface area contributed by atoms with E-state index in [4.69, 9.17) is 9.47 Å². The molecular weight excluding hydrogens is 489 g/mol. The first-order chi connectivity index (χ1) is 17.6. The molecule has 0 saturated carbocycles. The van der Waals surface area contributed by atoms with Crippen molar-refractivity contribution in [3.8, 4) is 5.75 Å². The van der Waals surface area contributed by atoms with Crippen molar-refractivity contribution in [2.45, 2.75) is 25.6 Å². The Kier molecular flexibility index (Phi) is 7.47. The molecule has 4 rings (SSSR count). The van der Waals surface area contributed by atoms with Crippen molar-refractivity contribution >= 4 is 29.2 Å². The predicted octanol–water partition coefficient (Wildman–Crippen LogP) is 4.86. The zero-order chi connectivity index (χ0) is 26.6. The first-order valence-electron chi connectivity index (χ1n) is 11.4. The molecular formula is C27H23F3N2O5. The molecule has 3 aromatic rings. The van der Waals surface area contributed by atoms with Crippen LogP contribution in [0.2, 0.25) is 0 Å². The minimum absolute atomic E-state index is 0.00274. The number of esters is 1. The quantitative estimate of drug-likeness (QED) is 0.457. The van der Waals surface area contributed by atoms with Crippen molar-refractivity contribution in [3.63, 3.8) is 0 Å². The molecule has 37 heavy (non-hydrogen) atoms. The van der Waals surface area contributed by atoms with Crippen molar-refractivity contribution in [2.24, 2.45) is 0 Å². The lowest BCUT2D eigenvalue weighted by atomic mass is 10.1. The molecule has 2 amide bonds. The second-order valence-corrected chi connectivity index (χ2v) is 8.43. The van der Waals surface area contributed by atoms with Gasteiger partial charge in [-0.1, -0.05) is 36.4 Å². The van der Waals surface area contributed by atoms with Crippen LogP contribution in [0.5, 0.6) is 5.75 Å². The van der Waals surface area contributed by atoms with Crippen LogP contribution < -0.4 is 15.0 Å². The van der Waals surface area contributed by atoms with Crippen LogP contribution >= 0.6 is 0 Å². The molecule has 0 fully saturated rings. The maximum atomic E-state index is 12.9. The van der Waals surface area contributed by atoms with Crippen LogP contribution in [0.15, 0.2) is 72.8 Å². The van der Waals surface area contributed by atoms with E-state index in [9.17, 15) is 27.6 Å².